The molecule has 90 valence electrons. The lowest BCUT2D eigenvalue weighted by Gasteiger charge is -2.00. The summed E-state index contributed by atoms with van der Waals surface area (Å²) >= 11 is 0. The smallest absolute Gasteiger partial charge is 0.168 e. The van der Waals surface area contributed by atoms with E-state index < -0.39 is 9.84 Å². The lowest BCUT2D eigenvalue weighted by atomic mass is 10.1. The first-order chi connectivity index (χ1) is 7.31. The Kier molecular flexibility index (Phi) is 3.69. The molecule has 0 unspecified atom stereocenters. The van der Waals surface area contributed by atoms with E-state index in [1.54, 1.807) is 7.05 Å². The number of rotatable bonds is 5. The summed E-state index contributed by atoms with van der Waals surface area (Å²) in [4.78, 5) is 11.6. The highest BCUT2D eigenvalue weighted by Gasteiger charge is 2.14. The van der Waals surface area contributed by atoms with E-state index in [-0.39, 0.29) is 18.0 Å². The van der Waals surface area contributed by atoms with Gasteiger partial charge in [0, 0.05) is 19.7 Å². The topological polar surface area (TPSA) is 95.0 Å². The lowest BCUT2D eigenvalue weighted by Crippen LogP contribution is -2.08. The van der Waals surface area contributed by atoms with Gasteiger partial charge in [-0.05, 0) is 6.42 Å². The van der Waals surface area contributed by atoms with Crippen molar-refractivity contribution in [2.45, 2.75) is 12.8 Å². The van der Waals surface area contributed by atoms with Gasteiger partial charge in [-0.2, -0.15) is 5.10 Å². The molecule has 0 saturated heterocycles. The van der Waals surface area contributed by atoms with Crippen molar-refractivity contribution in [2.24, 2.45) is 7.05 Å². The standard InChI is InChI=1S/C9H15N3O3S/c1-12-9(10)7(6-11-12)8(13)4-3-5-16(2,14)15/h6H,3-5,10H2,1-2H3. The molecule has 0 aliphatic carbocycles. The number of Topliss-reactive ketones (excluding diaryl/α,β-unsaturated/α-hetero) is 1. The number of aryl methyl sites for hydroxylation is 1. The number of nitrogens with two attached hydrogens (primary N) is 1. The van der Waals surface area contributed by atoms with Crippen LogP contribution in [0.2, 0.25) is 0 Å². The maximum atomic E-state index is 11.6. The van der Waals surface area contributed by atoms with Crippen LogP contribution in [-0.4, -0.2) is 36.0 Å². The first-order valence-corrected chi connectivity index (χ1v) is 6.85. The van der Waals surface area contributed by atoms with Gasteiger partial charge in [0.2, 0.25) is 0 Å². The zero-order chi connectivity index (χ0) is 12.3. The number of nitrogens with zero attached hydrogens (tertiary/aromatic N) is 2. The maximum Gasteiger partial charge on any atom is 0.168 e. The molecule has 1 aromatic heterocycles. The minimum atomic E-state index is -3.01. The number of hydrogen-bond donors (Lipinski definition) is 1. The SMILES string of the molecule is Cn1ncc(C(=O)CCCS(C)(=O)=O)c1N. The molecule has 0 spiro atoms. The lowest BCUT2D eigenvalue weighted by molar-refractivity contribution is 0.0983. The van der Waals surface area contributed by atoms with E-state index in [1.807, 2.05) is 0 Å². The van der Waals surface area contributed by atoms with Crippen molar-refractivity contribution in [1.82, 2.24) is 9.78 Å². The molecule has 0 aliphatic heterocycles. The molecule has 0 radical (unpaired) electrons. The van der Waals surface area contributed by atoms with Crippen molar-refractivity contribution in [2.75, 3.05) is 17.7 Å². The van der Waals surface area contributed by atoms with E-state index in [4.69, 9.17) is 5.73 Å². The van der Waals surface area contributed by atoms with E-state index in [0.717, 1.165) is 6.26 Å². The van der Waals surface area contributed by atoms with Crippen LogP contribution >= 0.6 is 0 Å². The number of carbonyl (C=O) groups excluding carboxylic acids is 1. The molecule has 0 aliphatic rings. The number of aromatic nitrogens is 2. The fourth-order valence-electron chi connectivity index (χ4n) is 1.29. The molecule has 0 bridgehead atoms. The molecular formula is C9H15N3O3S. The van der Waals surface area contributed by atoms with Crippen LogP contribution in [0.1, 0.15) is 23.2 Å². The Morgan fingerprint density at radius 3 is 2.62 bits per heavy atom. The third kappa shape index (κ3) is 3.34. The van der Waals surface area contributed by atoms with Crippen molar-refractivity contribution in [3.05, 3.63) is 11.8 Å². The van der Waals surface area contributed by atoms with Gasteiger partial charge in [0.15, 0.2) is 5.78 Å². The van der Waals surface area contributed by atoms with E-state index >= 15 is 0 Å². The zero-order valence-electron chi connectivity index (χ0n) is 9.30. The largest absolute Gasteiger partial charge is 0.383 e. The molecule has 0 amide bonds. The summed E-state index contributed by atoms with van der Waals surface area (Å²) in [5.74, 6) is 0.150. The summed E-state index contributed by atoms with van der Waals surface area (Å²) in [6, 6.07) is 0. The average molecular weight is 245 g/mol. The van der Waals surface area contributed by atoms with Gasteiger partial charge in [0.05, 0.1) is 17.5 Å². The molecule has 2 N–H and O–H groups in total. The monoisotopic (exact) mass is 245 g/mol. The second-order valence-corrected chi connectivity index (χ2v) is 5.98. The van der Waals surface area contributed by atoms with E-state index in [9.17, 15) is 13.2 Å². The Bertz CT molecular complexity index is 490. The summed E-state index contributed by atoms with van der Waals surface area (Å²) in [5, 5.41) is 3.85. The molecule has 0 aromatic carbocycles. The molecule has 7 heteroatoms. The quantitative estimate of drug-likeness (QED) is 0.737. The van der Waals surface area contributed by atoms with E-state index in [0.29, 0.717) is 17.8 Å². The molecule has 1 aromatic rings. The third-order valence-corrected chi connectivity index (χ3v) is 3.23. The molecule has 16 heavy (non-hydrogen) atoms. The highest BCUT2D eigenvalue weighted by Crippen LogP contribution is 2.13. The number of anilines is 1. The number of nitrogen functional groups attached to an aromatic ring is 1. The first-order valence-electron chi connectivity index (χ1n) is 4.79. The van der Waals surface area contributed by atoms with Gasteiger partial charge in [0.1, 0.15) is 15.7 Å². The van der Waals surface area contributed by atoms with Crippen LogP contribution < -0.4 is 5.73 Å². The molecule has 1 rings (SSSR count). The van der Waals surface area contributed by atoms with E-state index in [1.165, 1.54) is 10.9 Å². The zero-order valence-corrected chi connectivity index (χ0v) is 10.1. The number of ketones is 1. The molecule has 0 saturated carbocycles. The van der Waals surface area contributed by atoms with Crippen molar-refractivity contribution < 1.29 is 13.2 Å². The van der Waals surface area contributed by atoms with Crippen molar-refractivity contribution in [1.29, 1.82) is 0 Å². The Hall–Kier alpha value is -1.37. The molecule has 0 fully saturated rings. The second-order valence-electron chi connectivity index (χ2n) is 3.72. The highest BCUT2D eigenvalue weighted by atomic mass is 32.2. The summed E-state index contributed by atoms with van der Waals surface area (Å²) < 4.78 is 23.1. The van der Waals surface area contributed by atoms with Crippen LogP contribution in [0.15, 0.2) is 6.20 Å². The summed E-state index contributed by atoms with van der Waals surface area (Å²) in [6.45, 7) is 0. The summed E-state index contributed by atoms with van der Waals surface area (Å²) in [5.41, 5.74) is 5.98. The molecule has 1 heterocycles. The minimum absolute atomic E-state index is 0.0128. The molecule has 0 atom stereocenters. The molecule has 6 nitrogen and oxygen atoms in total. The van der Waals surface area contributed by atoms with Crippen LogP contribution in [-0.2, 0) is 16.9 Å². The summed E-state index contributed by atoms with van der Waals surface area (Å²) in [6.07, 6.45) is 3.03. The molecular weight excluding hydrogens is 230 g/mol. The number of carbonyl (C=O) groups is 1. The maximum absolute atomic E-state index is 11.6. The van der Waals surface area contributed by atoms with Gasteiger partial charge in [-0.3, -0.25) is 9.48 Å². The van der Waals surface area contributed by atoms with Crippen LogP contribution in [0.25, 0.3) is 0 Å². The number of sulfone groups is 1. The van der Waals surface area contributed by atoms with Crippen LogP contribution in [0.3, 0.4) is 0 Å². The first kappa shape index (κ1) is 12.7. The van der Waals surface area contributed by atoms with Crippen molar-refractivity contribution >= 4 is 21.4 Å². The minimum Gasteiger partial charge on any atom is -0.383 e. The average Bonchev–Trinajstić information content (AvgIpc) is 2.45. The summed E-state index contributed by atoms with van der Waals surface area (Å²) in [7, 11) is -1.37. The predicted octanol–water partition coefficient (Wildman–Crippen LogP) is 0.00980. The Balaban J connectivity index is 2.57. The van der Waals surface area contributed by atoms with Gasteiger partial charge in [-0.15, -0.1) is 0 Å². The van der Waals surface area contributed by atoms with Crippen LogP contribution in [0.4, 0.5) is 5.82 Å². The Morgan fingerprint density at radius 2 is 2.19 bits per heavy atom. The van der Waals surface area contributed by atoms with Gasteiger partial charge in [-0.25, -0.2) is 8.42 Å². The van der Waals surface area contributed by atoms with Crippen molar-refractivity contribution in [3.63, 3.8) is 0 Å². The second kappa shape index (κ2) is 4.65. The fourth-order valence-corrected chi connectivity index (χ4v) is 1.96. The van der Waals surface area contributed by atoms with Gasteiger partial charge < -0.3 is 5.73 Å². The Labute approximate surface area is 94.4 Å². The van der Waals surface area contributed by atoms with Crippen molar-refractivity contribution in [3.8, 4) is 0 Å². The predicted molar refractivity (Wildman–Crippen MR) is 60.9 cm³/mol. The fraction of sp³-hybridized carbons (Fsp3) is 0.556. The number of hydrogen-bond acceptors (Lipinski definition) is 5. The highest BCUT2D eigenvalue weighted by molar-refractivity contribution is 7.90. The Morgan fingerprint density at radius 1 is 1.56 bits per heavy atom. The van der Waals surface area contributed by atoms with E-state index in [2.05, 4.69) is 5.10 Å². The third-order valence-electron chi connectivity index (χ3n) is 2.20. The van der Waals surface area contributed by atoms with Gasteiger partial charge in [0.25, 0.3) is 0 Å². The van der Waals surface area contributed by atoms with Gasteiger partial charge in [-0.1, -0.05) is 0 Å². The van der Waals surface area contributed by atoms with Crippen LogP contribution in [0.5, 0.6) is 0 Å². The normalized spacial score (nSPS) is 11.6. The van der Waals surface area contributed by atoms with Crippen LogP contribution in [0, 0.1) is 0 Å². The van der Waals surface area contributed by atoms with Gasteiger partial charge >= 0.3 is 0 Å².